The highest BCUT2D eigenvalue weighted by molar-refractivity contribution is 6.04. The average molecular weight is 353 g/mol. The fraction of sp³-hybridized carbons (Fsp3) is 0.125. The van der Waals surface area contributed by atoms with Gasteiger partial charge in [0, 0.05) is 7.05 Å². The van der Waals surface area contributed by atoms with Gasteiger partial charge in [0.2, 0.25) is 0 Å². The van der Waals surface area contributed by atoms with Crippen LogP contribution in [0.1, 0.15) is 16.2 Å². The lowest BCUT2D eigenvalue weighted by molar-refractivity contribution is -0.140. The predicted octanol–water partition coefficient (Wildman–Crippen LogP) is 4.09. The third-order valence-electron chi connectivity index (χ3n) is 3.43. The second-order valence-corrected chi connectivity index (χ2v) is 5.13. The molecule has 5 nitrogen and oxygen atoms in total. The number of nitrogens with one attached hydrogen (secondary N) is 1. The van der Waals surface area contributed by atoms with Crippen LogP contribution in [0, 0.1) is 5.82 Å². The van der Waals surface area contributed by atoms with E-state index in [2.05, 4.69) is 10.4 Å². The summed E-state index contributed by atoms with van der Waals surface area (Å²) in [4.78, 5) is 12.1. The molecule has 0 saturated heterocycles. The lowest BCUT2D eigenvalue weighted by atomic mass is 10.0. The van der Waals surface area contributed by atoms with Crippen LogP contribution in [0.4, 0.5) is 23.4 Å². The van der Waals surface area contributed by atoms with Crippen LogP contribution in [0.25, 0.3) is 11.1 Å². The van der Waals surface area contributed by atoms with Gasteiger partial charge in [-0.05, 0) is 29.8 Å². The number of halogens is 4. The number of aryl methyl sites for hydroxylation is 1. The van der Waals surface area contributed by atoms with Crippen molar-refractivity contribution < 1.29 is 26.8 Å². The van der Waals surface area contributed by atoms with Gasteiger partial charge in [0.15, 0.2) is 11.5 Å². The van der Waals surface area contributed by atoms with Gasteiger partial charge in [-0.3, -0.25) is 9.48 Å². The monoisotopic (exact) mass is 353 g/mol. The molecule has 130 valence electrons. The molecule has 0 aliphatic rings. The Morgan fingerprint density at radius 2 is 1.88 bits per heavy atom. The Hall–Kier alpha value is -3.10. The highest BCUT2D eigenvalue weighted by atomic mass is 19.4. The second kappa shape index (κ2) is 6.08. The molecule has 2 aromatic heterocycles. The molecule has 1 aromatic carbocycles. The van der Waals surface area contributed by atoms with Crippen LogP contribution in [0.3, 0.4) is 0 Å². The number of hydrogen-bond donors (Lipinski definition) is 1. The van der Waals surface area contributed by atoms with Crippen LogP contribution in [0.5, 0.6) is 0 Å². The molecule has 9 heteroatoms. The number of carbonyl (C=O) groups excluding carboxylic acids is 1. The maximum absolute atomic E-state index is 13.3. The minimum absolute atomic E-state index is 0.0663. The first-order valence-electron chi connectivity index (χ1n) is 7.02. The molecule has 0 spiro atoms. The minimum atomic E-state index is -4.75. The van der Waals surface area contributed by atoms with E-state index in [-0.39, 0.29) is 22.7 Å². The summed E-state index contributed by atoms with van der Waals surface area (Å²) in [5, 5.41) is 5.83. The van der Waals surface area contributed by atoms with Crippen molar-refractivity contribution in [3.63, 3.8) is 0 Å². The Bertz CT molecular complexity index is 897. The summed E-state index contributed by atoms with van der Waals surface area (Å²) in [7, 11) is 1.26. The number of amides is 1. The molecule has 3 rings (SSSR count). The van der Waals surface area contributed by atoms with Crippen molar-refractivity contribution in [3.05, 3.63) is 59.9 Å². The molecule has 0 radical (unpaired) electrons. The quantitative estimate of drug-likeness (QED) is 0.722. The highest BCUT2D eigenvalue weighted by Crippen LogP contribution is 2.40. The molecule has 25 heavy (non-hydrogen) atoms. The molecule has 0 atom stereocenters. The largest absolute Gasteiger partial charge is 0.459 e. The molecule has 1 N–H and O–H groups in total. The van der Waals surface area contributed by atoms with E-state index >= 15 is 0 Å². The van der Waals surface area contributed by atoms with Gasteiger partial charge >= 0.3 is 6.18 Å². The van der Waals surface area contributed by atoms with E-state index in [4.69, 9.17) is 4.42 Å². The zero-order valence-electron chi connectivity index (χ0n) is 12.8. The Balaban J connectivity index is 2.12. The maximum Gasteiger partial charge on any atom is 0.435 e. The minimum Gasteiger partial charge on any atom is -0.459 e. The standard InChI is InChI=1S/C16H11F4N3O2/c1-23-14(21-15(24)11-3-2-8-25-11)12(13(22-23)16(18,19)20)9-4-6-10(17)7-5-9/h2-8H,1H3,(H,21,24). The predicted molar refractivity (Wildman–Crippen MR) is 80.3 cm³/mol. The van der Waals surface area contributed by atoms with Crippen molar-refractivity contribution in [3.8, 4) is 11.1 Å². The van der Waals surface area contributed by atoms with Gasteiger partial charge in [-0.25, -0.2) is 4.39 Å². The van der Waals surface area contributed by atoms with E-state index < -0.39 is 23.6 Å². The zero-order chi connectivity index (χ0) is 18.2. The van der Waals surface area contributed by atoms with Gasteiger partial charge in [-0.2, -0.15) is 18.3 Å². The van der Waals surface area contributed by atoms with E-state index in [1.165, 1.54) is 37.6 Å². The third kappa shape index (κ3) is 3.25. The first-order chi connectivity index (χ1) is 11.8. The molecular weight excluding hydrogens is 342 g/mol. The van der Waals surface area contributed by atoms with Gasteiger partial charge in [0.1, 0.15) is 11.6 Å². The van der Waals surface area contributed by atoms with Crippen LogP contribution in [-0.4, -0.2) is 15.7 Å². The first kappa shape index (κ1) is 16.7. The molecule has 0 bridgehead atoms. The SMILES string of the molecule is Cn1nc(C(F)(F)F)c(-c2ccc(F)cc2)c1NC(=O)c1ccco1. The molecule has 2 heterocycles. The van der Waals surface area contributed by atoms with Crippen molar-refractivity contribution >= 4 is 11.7 Å². The number of benzene rings is 1. The Labute approximate surface area is 138 Å². The van der Waals surface area contributed by atoms with E-state index in [1.54, 1.807) is 0 Å². The fourth-order valence-corrected chi connectivity index (χ4v) is 2.33. The molecule has 1 amide bonds. The van der Waals surface area contributed by atoms with Gasteiger partial charge in [-0.15, -0.1) is 0 Å². The van der Waals surface area contributed by atoms with E-state index in [0.717, 1.165) is 16.8 Å². The zero-order valence-corrected chi connectivity index (χ0v) is 12.8. The number of alkyl halides is 3. The Morgan fingerprint density at radius 1 is 1.20 bits per heavy atom. The lowest BCUT2D eigenvalue weighted by Gasteiger charge is -2.10. The maximum atomic E-state index is 13.3. The third-order valence-corrected chi connectivity index (χ3v) is 3.43. The van der Waals surface area contributed by atoms with Crippen LogP contribution in [0.2, 0.25) is 0 Å². The fourth-order valence-electron chi connectivity index (χ4n) is 2.33. The molecule has 3 aromatic rings. The average Bonchev–Trinajstić information content (AvgIpc) is 3.17. The second-order valence-electron chi connectivity index (χ2n) is 5.13. The smallest absolute Gasteiger partial charge is 0.435 e. The van der Waals surface area contributed by atoms with Crippen molar-refractivity contribution in [1.82, 2.24) is 9.78 Å². The van der Waals surface area contributed by atoms with E-state index in [9.17, 15) is 22.4 Å². The summed E-state index contributed by atoms with van der Waals surface area (Å²) in [5.74, 6) is -1.58. The number of aromatic nitrogens is 2. The number of anilines is 1. The van der Waals surface area contributed by atoms with Crippen molar-refractivity contribution in [1.29, 1.82) is 0 Å². The number of nitrogens with zero attached hydrogens (tertiary/aromatic N) is 2. The summed E-state index contributed by atoms with van der Waals surface area (Å²) in [5.41, 5.74) is -1.47. The van der Waals surface area contributed by atoms with Gasteiger partial charge in [0.05, 0.1) is 11.8 Å². The summed E-state index contributed by atoms with van der Waals surface area (Å²) in [6.07, 6.45) is -3.49. The molecule has 0 aliphatic carbocycles. The van der Waals surface area contributed by atoms with Gasteiger partial charge < -0.3 is 9.73 Å². The summed E-state index contributed by atoms with van der Waals surface area (Å²) in [6, 6.07) is 7.27. The van der Waals surface area contributed by atoms with Crippen molar-refractivity contribution in [2.45, 2.75) is 6.18 Å². The number of furan rings is 1. The Kier molecular flexibility index (Phi) is 4.07. The van der Waals surface area contributed by atoms with Crippen molar-refractivity contribution in [2.24, 2.45) is 7.05 Å². The van der Waals surface area contributed by atoms with Crippen LogP contribution in [0.15, 0.2) is 47.1 Å². The Morgan fingerprint density at radius 3 is 2.44 bits per heavy atom. The molecule has 0 aliphatic heterocycles. The van der Waals surface area contributed by atoms with E-state index in [1.807, 2.05) is 0 Å². The van der Waals surface area contributed by atoms with Crippen molar-refractivity contribution in [2.75, 3.05) is 5.32 Å². The molecular formula is C16H11F4N3O2. The molecule has 0 saturated carbocycles. The number of rotatable bonds is 3. The van der Waals surface area contributed by atoms with Crippen LogP contribution in [-0.2, 0) is 13.2 Å². The number of carbonyl (C=O) groups is 1. The first-order valence-corrected chi connectivity index (χ1v) is 7.02. The lowest BCUT2D eigenvalue weighted by Crippen LogP contribution is -2.14. The van der Waals surface area contributed by atoms with Crippen LogP contribution >= 0.6 is 0 Å². The highest BCUT2D eigenvalue weighted by Gasteiger charge is 2.39. The van der Waals surface area contributed by atoms with Gasteiger partial charge in [0.25, 0.3) is 5.91 Å². The van der Waals surface area contributed by atoms with Crippen LogP contribution < -0.4 is 5.32 Å². The van der Waals surface area contributed by atoms with Gasteiger partial charge in [-0.1, -0.05) is 12.1 Å². The molecule has 0 fully saturated rings. The normalized spacial score (nSPS) is 11.6. The summed E-state index contributed by atoms with van der Waals surface area (Å²) >= 11 is 0. The molecule has 0 unspecified atom stereocenters. The summed E-state index contributed by atoms with van der Waals surface area (Å²) in [6.45, 7) is 0. The topological polar surface area (TPSA) is 60.1 Å². The summed E-state index contributed by atoms with van der Waals surface area (Å²) < 4.78 is 59.0. The number of hydrogen-bond acceptors (Lipinski definition) is 3. The van der Waals surface area contributed by atoms with E-state index in [0.29, 0.717) is 0 Å².